The van der Waals surface area contributed by atoms with Gasteiger partial charge in [0.05, 0.1) is 12.7 Å². The van der Waals surface area contributed by atoms with E-state index in [9.17, 15) is 4.79 Å². The van der Waals surface area contributed by atoms with E-state index in [0.29, 0.717) is 12.1 Å². The minimum absolute atomic E-state index is 0.158. The molecule has 3 aromatic rings. The molecular weight excluding hydrogens is 340 g/mol. The van der Waals surface area contributed by atoms with Gasteiger partial charge in [0, 0.05) is 31.7 Å². The number of aromatic nitrogens is 2. The summed E-state index contributed by atoms with van der Waals surface area (Å²) in [5, 5.41) is 6.12. The smallest absolute Gasteiger partial charge is 0.253 e. The standard InChI is InChI=1S/C21H22N4O2/c1-27-19-6-2-4-16(12-19)9-11-23-20-8-7-18(15-24-20)21(26)25-14-17-5-3-10-22-13-17/h2-8,10,12-13,15H,9,11,14H2,1H3,(H,23,24)(H,25,26). The Labute approximate surface area is 158 Å². The topological polar surface area (TPSA) is 76.1 Å². The zero-order valence-corrected chi connectivity index (χ0v) is 15.2. The third-order valence-electron chi connectivity index (χ3n) is 4.06. The molecule has 6 heteroatoms. The molecule has 2 N–H and O–H groups in total. The number of pyridine rings is 2. The monoisotopic (exact) mass is 362 g/mol. The molecule has 2 heterocycles. The van der Waals surface area contributed by atoms with Crippen LogP contribution in [0.15, 0.2) is 67.1 Å². The fraction of sp³-hybridized carbons (Fsp3) is 0.190. The molecule has 0 unspecified atom stereocenters. The average molecular weight is 362 g/mol. The van der Waals surface area contributed by atoms with Gasteiger partial charge in [-0.3, -0.25) is 9.78 Å². The quantitative estimate of drug-likeness (QED) is 0.644. The largest absolute Gasteiger partial charge is 0.497 e. The summed E-state index contributed by atoms with van der Waals surface area (Å²) in [7, 11) is 1.66. The van der Waals surface area contributed by atoms with E-state index in [1.54, 1.807) is 31.8 Å². The summed E-state index contributed by atoms with van der Waals surface area (Å²) >= 11 is 0. The highest BCUT2D eigenvalue weighted by atomic mass is 16.5. The van der Waals surface area contributed by atoms with Crippen molar-refractivity contribution in [1.82, 2.24) is 15.3 Å². The van der Waals surface area contributed by atoms with Crippen molar-refractivity contribution in [2.75, 3.05) is 19.0 Å². The van der Waals surface area contributed by atoms with Gasteiger partial charge in [0.15, 0.2) is 0 Å². The van der Waals surface area contributed by atoms with Crippen LogP contribution in [0.1, 0.15) is 21.5 Å². The molecule has 0 saturated carbocycles. The molecule has 1 aromatic carbocycles. The van der Waals surface area contributed by atoms with Crippen LogP contribution in [0.5, 0.6) is 5.75 Å². The van der Waals surface area contributed by atoms with E-state index < -0.39 is 0 Å². The van der Waals surface area contributed by atoms with Gasteiger partial charge in [-0.05, 0) is 47.9 Å². The van der Waals surface area contributed by atoms with Crippen molar-refractivity contribution in [3.05, 3.63) is 83.8 Å². The first-order valence-corrected chi connectivity index (χ1v) is 8.74. The van der Waals surface area contributed by atoms with Gasteiger partial charge in [0.2, 0.25) is 0 Å². The lowest BCUT2D eigenvalue weighted by molar-refractivity contribution is 0.0950. The maximum Gasteiger partial charge on any atom is 0.253 e. The van der Waals surface area contributed by atoms with Gasteiger partial charge in [0.1, 0.15) is 11.6 Å². The molecule has 2 aromatic heterocycles. The molecule has 0 aliphatic heterocycles. The highest BCUT2D eigenvalue weighted by Gasteiger charge is 2.06. The Bertz CT molecular complexity index is 867. The number of rotatable bonds is 8. The minimum atomic E-state index is -0.158. The van der Waals surface area contributed by atoms with Crippen LogP contribution in [0.4, 0.5) is 5.82 Å². The van der Waals surface area contributed by atoms with E-state index >= 15 is 0 Å². The SMILES string of the molecule is COc1cccc(CCNc2ccc(C(=O)NCc3cccnc3)cn2)c1. The molecule has 3 rings (SSSR count). The number of carbonyl (C=O) groups is 1. The zero-order valence-electron chi connectivity index (χ0n) is 15.2. The molecular formula is C21H22N4O2. The van der Waals surface area contributed by atoms with Crippen molar-refractivity contribution in [3.63, 3.8) is 0 Å². The number of benzene rings is 1. The molecule has 0 atom stereocenters. The van der Waals surface area contributed by atoms with E-state index in [4.69, 9.17) is 4.74 Å². The number of carbonyl (C=O) groups excluding carboxylic acids is 1. The van der Waals surface area contributed by atoms with Crippen LogP contribution in [-0.4, -0.2) is 29.5 Å². The Hall–Kier alpha value is -3.41. The first kappa shape index (κ1) is 18.4. The summed E-state index contributed by atoms with van der Waals surface area (Å²) in [4.78, 5) is 20.5. The molecule has 0 aliphatic rings. The summed E-state index contributed by atoms with van der Waals surface area (Å²) in [5.74, 6) is 1.43. The molecule has 0 aliphatic carbocycles. The van der Waals surface area contributed by atoms with Crippen molar-refractivity contribution in [3.8, 4) is 5.75 Å². The summed E-state index contributed by atoms with van der Waals surface area (Å²) in [6.07, 6.45) is 5.86. The fourth-order valence-electron chi connectivity index (χ4n) is 2.58. The van der Waals surface area contributed by atoms with Crippen LogP contribution >= 0.6 is 0 Å². The van der Waals surface area contributed by atoms with Crippen molar-refractivity contribution >= 4 is 11.7 Å². The number of methoxy groups -OCH3 is 1. The van der Waals surface area contributed by atoms with Crippen molar-refractivity contribution in [2.24, 2.45) is 0 Å². The molecule has 0 spiro atoms. The summed E-state index contributed by atoms with van der Waals surface area (Å²) in [5.41, 5.74) is 2.67. The maximum atomic E-state index is 12.2. The number of nitrogens with zero attached hydrogens (tertiary/aromatic N) is 2. The van der Waals surface area contributed by atoms with Crippen LogP contribution < -0.4 is 15.4 Å². The van der Waals surface area contributed by atoms with E-state index in [1.165, 1.54) is 5.56 Å². The van der Waals surface area contributed by atoms with Crippen LogP contribution in [0.3, 0.4) is 0 Å². The second kappa shape index (κ2) is 9.33. The number of amides is 1. The summed E-state index contributed by atoms with van der Waals surface area (Å²) < 4.78 is 5.23. The average Bonchev–Trinajstić information content (AvgIpc) is 2.73. The molecule has 0 fully saturated rings. The van der Waals surface area contributed by atoms with Gasteiger partial charge in [-0.2, -0.15) is 0 Å². The molecule has 0 bridgehead atoms. The van der Waals surface area contributed by atoms with Gasteiger partial charge in [-0.25, -0.2) is 4.98 Å². The molecule has 27 heavy (non-hydrogen) atoms. The highest BCUT2D eigenvalue weighted by Crippen LogP contribution is 2.13. The van der Waals surface area contributed by atoms with Gasteiger partial charge >= 0.3 is 0 Å². The third kappa shape index (κ3) is 5.54. The Kier molecular flexibility index (Phi) is 6.35. The van der Waals surface area contributed by atoms with Gasteiger partial charge < -0.3 is 15.4 Å². The van der Waals surface area contributed by atoms with Gasteiger partial charge in [0.25, 0.3) is 5.91 Å². The van der Waals surface area contributed by atoms with Crippen molar-refractivity contribution in [1.29, 1.82) is 0 Å². The maximum absolute atomic E-state index is 12.2. The zero-order chi connectivity index (χ0) is 18.9. The lowest BCUT2D eigenvalue weighted by atomic mass is 10.1. The lowest BCUT2D eigenvalue weighted by Crippen LogP contribution is -2.23. The first-order chi connectivity index (χ1) is 13.2. The van der Waals surface area contributed by atoms with E-state index in [1.807, 2.05) is 36.4 Å². The van der Waals surface area contributed by atoms with E-state index in [2.05, 4.69) is 26.7 Å². The number of hydrogen-bond donors (Lipinski definition) is 2. The highest BCUT2D eigenvalue weighted by molar-refractivity contribution is 5.93. The molecule has 1 amide bonds. The first-order valence-electron chi connectivity index (χ1n) is 8.74. The number of ether oxygens (including phenoxy) is 1. The number of anilines is 1. The Morgan fingerprint density at radius 1 is 1.07 bits per heavy atom. The molecule has 0 radical (unpaired) electrons. The number of hydrogen-bond acceptors (Lipinski definition) is 5. The van der Waals surface area contributed by atoms with Crippen LogP contribution in [-0.2, 0) is 13.0 Å². The predicted octanol–water partition coefficient (Wildman–Crippen LogP) is 3.07. The second-order valence-corrected chi connectivity index (χ2v) is 6.00. The van der Waals surface area contributed by atoms with Crippen LogP contribution in [0, 0.1) is 0 Å². The van der Waals surface area contributed by atoms with Crippen molar-refractivity contribution in [2.45, 2.75) is 13.0 Å². The van der Waals surface area contributed by atoms with E-state index in [0.717, 1.165) is 30.1 Å². The van der Waals surface area contributed by atoms with Gasteiger partial charge in [-0.1, -0.05) is 18.2 Å². The molecule has 0 saturated heterocycles. The second-order valence-electron chi connectivity index (χ2n) is 6.00. The number of nitrogens with one attached hydrogen (secondary N) is 2. The fourth-order valence-corrected chi connectivity index (χ4v) is 2.58. The van der Waals surface area contributed by atoms with E-state index in [-0.39, 0.29) is 5.91 Å². The van der Waals surface area contributed by atoms with Crippen molar-refractivity contribution < 1.29 is 9.53 Å². The van der Waals surface area contributed by atoms with Gasteiger partial charge in [-0.15, -0.1) is 0 Å². The lowest BCUT2D eigenvalue weighted by Gasteiger charge is -2.08. The van der Waals surface area contributed by atoms with Crippen LogP contribution in [0.25, 0.3) is 0 Å². The predicted molar refractivity (Wildman–Crippen MR) is 105 cm³/mol. The third-order valence-corrected chi connectivity index (χ3v) is 4.06. The Morgan fingerprint density at radius 3 is 2.70 bits per heavy atom. The summed E-state index contributed by atoms with van der Waals surface area (Å²) in [6, 6.07) is 15.3. The minimum Gasteiger partial charge on any atom is -0.497 e. The normalized spacial score (nSPS) is 10.3. The molecule has 6 nitrogen and oxygen atoms in total. The Morgan fingerprint density at radius 2 is 1.96 bits per heavy atom. The summed E-state index contributed by atoms with van der Waals surface area (Å²) in [6.45, 7) is 1.18. The Balaban J connectivity index is 1.47. The molecule has 138 valence electrons. The van der Waals surface area contributed by atoms with Crippen LogP contribution in [0.2, 0.25) is 0 Å².